The maximum atomic E-state index is 13.7. The van der Waals surface area contributed by atoms with E-state index in [2.05, 4.69) is 5.10 Å². The number of hydrogen-bond donors (Lipinski definition) is 2. The molecule has 0 aliphatic rings. The van der Waals surface area contributed by atoms with Crippen LogP contribution in [0.15, 0.2) is 24.3 Å². The van der Waals surface area contributed by atoms with Gasteiger partial charge in [-0.2, -0.15) is 5.10 Å². The van der Waals surface area contributed by atoms with Crippen LogP contribution in [0.5, 0.6) is 0 Å². The largest absolute Gasteiger partial charge is 0.476 e. The lowest BCUT2D eigenvalue weighted by atomic mass is 10.1. The van der Waals surface area contributed by atoms with Crippen molar-refractivity contribution in [1.29, 1.82) is 0 Å². The minimum absolute atomic E-state index is 0.0153. The molecule has 0 fully saturated rings. The molecule has 0 aliphatic heterocycles. The van der Waals surface area contributed by atoms with Crippen molar-refractivity contribution < 1.29 is 23.8 Å². The summed E-state index contributed by atoms with van der Waals surface area (Å²) >= 11 is 0. The monoisotopic (exact) mass is 268 g/mol. The van der Waals surface area contributed by atoms with Crippen LogP contribution >= 0.6 is 0 Å². The molecule has 0 spiro atoms. The third kappa shape index (κ3) is 2.60. The van der Waals surface area contributed by atoms with Gasteiger partial charge < -0.3 is 10.2 Å². The zero-order chi connectivity index (χ0) is 14.0. The molecule has 0 atom stereocenters. The third-order valence-electron chi connectivity index (χ3n) is 2.52. The molecule has 0 saturated heterocycles. The van der Waals surface area contributed by atoms with Crippen molar-refractivity contribution in [3.63, 3.8) is 0 Å². The van der Waals surface area contributed by atoms with Crippen molar-refractivity contribution in [3.05, 3.63) is 41.6 Å². The summed E-state index contributed by atoms with van der Waals surface area (Å²) in [5.74, 6) is -2.63. The Bertz CT molecular complexity index is 625. The molecule has 1 aromatic heterocycles. The number of aliphatic hydroxyl groups excluding tert-OH is 1. The molecule has 0 amide bonds. The van der Waals surface area contributed by atoms with E-state index in [1.165, 1.54) is 0 Å². The summed E-state index contributed by atoms with van der Waals surface area (Å²) < 4.78 is 27.9. The lowest BCUT2D eigenvalue weighted by molar-refractivity contribution is 0.0689. The number of aliphatic hydroxyl groups is 1. The van der Waals surface area contributed by atoms with Crippen molar-refractivity contribution in [1.82, 2.24) is 9.78 Å². The Labute approximate surface area is 106 Å². The summed E-state index contributed by atoms with van der Waals surface area (Å²) in [5, 5.41) is 21.5. The van der Waals surface area contributed by atoms with Crippen LogP contribution in [0.25, 0.3) is 11.3 Å². The van der Waals surface area contributed by atoms with Crippen LogP contribution in [0.1, 0.15) is 10.5 Å². The minimum Gasteiger partial charge on any atom is -0.476 e. The molecule has 0 bridgehead atoms. The molecule has 0 unspecified atom stereocenters. The van der Waals surface area contributed by atoms with Crippen molar-refractivity contribution >= 4 is 5.97 Å². The second-order valence-corrected chi connectivity index (χ2v) is 3.79. The predicted octanol–water partition coefficient (Wildman–Crippen LogP) is 1.52. The molecule has 0 aliphatic carbocycles. The summed E-state index contributed by atoms with van der Waals surface area (Å²) in [7, 11) is 0. The predicted molar refractivity (Wildman–Crippen MR) is 61.6 cm³/mol. The summed E-state index contributed by atoms with van der Waals surface area (Å²) in [6.07, 6.45) is 0. The van der Waals surface area contributed by atoms with E-state index in [-0.39, 0.29) is 30.1 Å². The highest BCUT2D eigenvalue weighted by molar-refractivity contribution is 5.87. The Morgan fingerprint density at radius 3 is 2.68 bits per heavy atom. The number of aromatic carboxylic acids is 1. The van der Waals surface area contributed by atoms with Gasteiger partial charge >= 0.3 is 5.97 Å². The highest BCUT2D eigenvalue weighted by Gasteiger charge is 2.17. The Morgan fingerprint density at radius 1 is 1.32 bits per heavy atom. The number of hydrogen-bond acceptors (Lipinski definition) is 3. The van der Waals surface area contributed by atoms with Gasteiger partial charge in [-0.05, 0) is 24.3 Å². The quantitative estimate of drug-likeness (QED) is 0.881. The van der Waals surface area contributed by atoms with Gasteiger partial charge in [-0.15, -0.1) is 0 Å². The number of carboxylic acids is 1. The van der Waals surface area contributed by atoms with Crippen molar-refractivity contribution in [2.24, 2.45) is 0 Å². The number of halogens is 2. The molecule has 7 heteroatoms. The topological polar surface area (TPSA) is 75.3 Å². The van der Waals surface area contributed by atoms with Crippen LogP contribution < -0.4 is 0 Å². The fourth-order valence-corrected chi connectivity index (χ4v) is 1.70. The van der Waals surface area contributed by atoms with Crippen molar-refractivity contribution in [2.45, 2.75) is 6.54 Å². The third-order valence-corrected chi connectivity index (χ3v) is 2.52. The number of nitrogens with zero attached hydrogens (tertiary/aromatic N) is 2. The summed E-state index contributed by atoms with van der Waals surface area (Å²) in [4.78, 5) is 10.8. The lowest BCUT2D eigenvalue weighted by Gasteiger charge is -2.06. The summed E-state index contributed by atoms with van der Waals surface area (Å²) in [6.45, 7) is -0.316. The second-order valence-electron chi connectivity index (χ2n) is 3.79. The number of carbonyl (C=O) groups is 1. The molecule has 0 saturated carbocycles. The van der Waals surface area contributed by atoms with Crippen LogP contribution in [0.4, 0.5) is 8.78 Å². The van der Waals surface area contributed by atoms with Gasteiger partial charge in [0.25, 0.3) is 0 Å². The molecular weight excluding hydrogens is 258 g/mol. The second kappa shape index (κ2) is 5.15. The van der Waals surface area contributed by atoms with E-state index >= 15 is 0 Å². The van der Waals surface area contributed by atoms with E-state index in [1.807, 2.05) is 0 Å². The van der Waals surface area contributed by atoms with Gasteiger partial charge in [0, 0.05) is 5.56 Å². The molecule has 100 valence electrons. The van der Waals surface area contributed by atoms with Crippen LogP contribution in [0.2, 0.25) is 0 Å². The first-order valence-corrected chi connectivity index (χ1v) is 5.40. The van der Waals surface area contributed by atoms with Crippen LogP contribution in [-0.2, 0) is 6.54 Å². The van der Waals surface area contributed by atoms with Gasteiger partial charge in [0.15, 0.2) is 5.69 Å². The van der Waals surface area contributed by atoms with Crippen molar-refractivity contribution in [3.8, 4) is 11.3 Å². The Balaban J connectivity index is 2.59. The van der Waals surface area contributed by atoms with E-state index < -0.39 is 17.6 Å². The van der Waals surface area contributed by atoms with Gasteiger partial charge in [-0.1, -0.05) is 0 Å². The van der Waals surface area contributed by atoms with Crippen LogP contribution in [-0.4, -0.2) is 32.6 Å². The van der Waals surface area contributed by atoms with E-state index in [0.29, 0.717) is 0 Å². The van der Waals surface area contributed by atoms with Gasteiger partial charge in [-0.3, -0.25) is 4.68 Å². The molecule has 2 aromatic rings. The maximum absolute atomic E-state index is 13.7. The average Bonchev–Trinajstić information content (AvgIpc) is 2.77. The SMILES string of the molecule is O=C(O)c1cc(-c2cc(F)ccc2F)n(CCO)n1. The van der Waals surface area contributed by atoms with Gasteiger partial charge in [-0.25, -0.2) is 13.6 Å². The zero-order valence-electron chi connectivity index (χ0n) is 9.68. The Morgan fingerprint density at radius 2 is 2.05 bits per heavy atom. The Kier molecular flexibility index (Phi) is 3.57. The number of carboxylic acid groups (broad SMARTS) is 1. The Hall–Kier alpha value is -2.28. The fraction of sp³-hybridized carbons (Fsp3) is 0.167. The first-order chi connectivity index (χ1) is 9.02. The van der Waals surface area contributed by atoms with Crippen LogP contribution in [0.3, 0.4) is 0 Å². The maximum Gasteiger partial charge on any atom is 0.356 e. The van der Waals surface area contributed by atoms with E-state index in [1.54, 1.807) is 0 Å². The molecule has 19 heavy (non-hydrogen) atoms. The number of benzene rings is 1. The standard InChI is InChI=1S/C12H10F2N2O3/c13-7-1-2-9(14)8(5-7)11-6-10(12(18)19)15-16(11)3-4-17/h1-2,5-6,17H,3-4H2,(H,18,19). The normalized spacial score (nSPS) is 10.7. The molecule has 2 N–H and O–H groups in total. The van der Waals surface area contributed by atoms with Crippen LogP contribution in [0, 0.1) is 11.6 Å². The van der Waals surface area contributed by atoms with Gasteiger partial charge in [0.1, 0.15) is 11.6 Å². The molecule has 1 aromatic carbocycles. The fourth-order valence-electron chi connectivity index (χ4n) is 1.70. The molecule has 2 rings (SSSR count). The molecule has 0 radical (unpaired) electrons. The van der Waals surface area contributed by atoms with E-state index in [0.717, 1.165) is 28.9 Å². The molecular formula is C12H10F2N2O3. The van der Waals surface area contributed by atoms with Gasteiger partial charge in [0.2, 0.25) is 0 Å². The first kappa shape index (κ1) is 13.2. The highest BCUT2D eigenvalue weighted by atomic mass is 19.1. The first-order valence-electron chi connectivity index (χ1n) is 5.40. The number of rotatable bonds is 4. The molecule has 1 heterocycles. The van der Waals surface area contributed by atoms with Gasteiger partial charge in [0.05, 0.1) is 18.8 Å². The van der Waals surface area contributed by atoms with E-state index in [9.17, 15) is 13.6 Å². The average molecular weight is 268 g/mol. The highest BCUT2D eigenvalue weighted by Crippen LogP contribution is 2.24. The number of aromatic nitrogens is 2. The summed E-state index contributed by atoms with van der Waals surface area (Å²) in [6, 6.07) is 3.99. The van der Waals surface area contributed by atoms with Crippen molar-refractivity contribution in [2.75, 3.05) is 6.61 Å². The summed E-state index contributed by atoms with van der Waals surface area (Å²) in [5.41, 5.74) is -0.302. The minimum atomic E-state index is -1.28. The lowest BCUT2D eigenvalue weighted by Crippen LogP contribution is -2.08. The van der Waals surface area contributed by atoms with E-state index in [4.69, 9.17) is 10.2 Å². The zero-order valence-corrected chi connectivity index (χ0v) is 9.68. The smallest absolute Gasteiger partial charge is 0.356 e. The molecule has 5 nitrogen and oxygen atoms in total.